The summed E-state index contributed by atoms with van der Waals surface area (Å²) in [6, 6.07) is 11.6. The molecular weight excluding hydrogens is 308 g/mol. The number of amides is 2. The van der Waals surface area contributed by atoms with Gasteiger partial charge in [0.2, 0.25) is 0 Å². The normalized spacial score (nSPS) is 11.3. The molecule has 1 aromatic carbocycles. The Hall–Kier alpha value is -1.95. The molecule has 0 saturated carbocycles. The van der Waals surface area contributed by atoms with Crippen LogP contribution >= 0.6 is 11.8 Å². The largest absolute Gasteiger partial charge is 0.337 e. The molecule has 0 aliphatic rings. The lowest BCUT2D eigenvalue weighted by molar-refractivity contribution is 0.252. The second-order valence-corrected chi connectivity index (χ2v) is 8.12. The van der Waals surface area contributed by atoms with E-state index in [1.54, 1.807) is 16.9 Å². The van der Waals surface area contributed by atoms with Gasteiger partial charge in [-0.1, -0.05) is 51.1 Å². The predicted molar refractivity (Wildman–Crippen MR) is 97.0 cm³/mol. The smallest absolute Gasteiger partial charge is 0.320 e. The van der Waals surface area contributed by atoms with E-state index in [4.69, 9.17) is 0 Å². The maximum Gasteiger partial charge on any atom is 0.320 e. The zero-order valence-corrected chi connectivity index (χ0v) is 14.7. The van der Waals surface area contributed by atoms with Crippen LogP contribution in [0, 0.1) is 0 Å². The van der Waals surface area contributed by atoms with Gasteiger partial charge in [-0.3, -0.25) is 5.32 Å². The number of urea groups is 1. The number of anilines is 1. The fraction of sp³-hybridized carbons (Fsp3) is 0.412. The van der Waals surface area contributed by atoms with Crippen molar-refractivity contribution in [2.24, 2.45) is 0 Å². The summed E-state index contributed by atoms with van der Waals surface area (Å²) >= 11 is 1.83. The van der Waals surface area contributed by atoms with E-state index >= 15 is 0 Å². The Morgan fingerprint density at radius 2 is 1.96 bits per heavy atom. The van der Waals surface area contributed by atoms with Gasteiger partial charge in [0, 0.05) is 23.1 Å². The Balaban J connectivity index is 1.81. The van der Waals surface area contributed by atoms with Gasteiger partial charge in [0.15, 0.2) is 0 Å². The van der Waals surface area contributed by atoms with Gasteiger partial charge in [-0.2, -0.15) is 16.9 Å². The second kappa shape index (κ2) is 8.06. The number of nitrogens with zero attached hydrogens (tertiary/aromatic N) is 2. The molecule has 0 unspecified atom stereocenters. The van der Waals surface area contributed by atoms with Crippen molar-refractivity contribution in [1.29, 1.82) is 0 Å². The first-order valence-corrected chi connectivity index (χ1v) is 8.67. The van der Waals surface area contributed by atoms with Crippen molar-refractivity contribution in [3.63, 3.8) is 0 Å². The minimum absolute atomic E-state index is 0.200. The second-order valence-electron chi connectivity index (χ2n) is 6.20. The molecule has 2 aromatic rings. The molecule has 2 rings (SSSR count). The minimum Gasteiger partial charge on any atom is -0.337 e. The number of rotatable bonds is 6. The Kier molecular flexibility index (Phi) is 6.10. The first-order chi connectivity index (χ1) is 10.9. The van der Waals surface area contributed by atoms with Crippen LogP contribution in [0.15, 0.2) is 42.6 Å². The molecule has 0 spiro atoms. The molecule has 2 N–H and O–H groups in total. The Morgan fingerprint density at radius 1 is 1.22 bits per heavy atom. The summed E-state index contributed by atoms with van der Waals surface area (Å²) in [6.45, 7) is 7.77. The van der Waals surface area contributed by atoms with Crippen molar-refractivity contribution >= 4 is 23.6 Å². The minimum atomic E-state index is -0.200. The van der Waals surface area contributed by atoms with Crippen LogP contribution in [0.25, 0.3) is 0 Å². The van der Waals surface area contributed by atoms with E-state index in [0.29, 0.717) is 18.9 Å². The van der Waals surface area contributed by atoms with Gasteiger partial charge in [0.1, 0.15) is 5.82 Å². The molecule has 1 heterocycles. The van der Waals surface area contributed by atoms with E-state index in [0.717, 1.165) is 11.3 Å². The van der Waals surface area contributed by atoms with Crippen molar-refractivity contribution in [3.8, 4) is 0 Å². The summed E-state index contributed by atoms with van der Waals surface area (Å²) in [6.07, 6.45) is 1.69. The summed E-state index contributed by atoms with van der Waals surface area (Å²) in [5.74, 6) is 1.58. The highest BCUT2D eigenvalue weighted by atomic mass is 32.2. The summed E-state index contributed by atoms with van der Waals surface area (Å²) in [7, 11) is 0. The summed E-state index contributed by atoms with van der Waals surface area (Å²) in [4.78, 5) is 12.0. The topological polar surface area (TPSA) is 59.0 Å². The molecule has 5 nitrogen and oxygen atoms in total. The van der Waals surface area contributed by atoms with Gasteiger partial charge < -0.3 is 5.32 Å². The van der Waals surface area contributed by atoms with E-state index in [1.165, 1.54) is 0 Å². The molecule has 0 aliphatic carbocycles. The molecule has 0 aliphatic heterocycles. The number of nitrogens with one attached hydrogen (secondary N) is 2. The van der Waals surface area contributed by atoms with Crippen molar-refractivity contribution < 1.29 is 4.79 Å². The van der Waals surface area contributed by atoms with E-state index in [1.807, 2.05) is 42.1 Å². The lowest BCUT2D eigenvalue weighted by atomic mass is 10.2. The van der Waals surface area contributed by atoms with Crippen LogP contribution in [0.4, 0.5) is 10.6 Å². The first-order valence-electron chi connectivity index (χ1n) is 7.68. The molecule has 6 heteroatoms. The zero-order valence-electron chi connectivity index (χ0n) is 13.9. The fourth-order valence-electron chi connectivity index (χ4n) is 2.00. The highest BCUT2D eigenvalue weighted by molar-refractivity contribution is 8.00. The number of aromatic nitrogens is 2. The van der Waals surface area contributed by atoms with Crippen LogP contribution in [0.2, 0.25) is 0 Å². The first kappa shape index (κ1) is 17.4. The Bertz CT molecular complexity index is 619. The lowest BCUT2D eigenvalue weighted by Gasteiger charge is -2.17. The van der Waals surface area contributed by atoms with Gasteiger partial charge in [-0.25, -0.2) is 9.48 Å². The van der Waals surface area contributed by atoms with Gasteiger partial charge in [-0.05, 0) is 5.56 Å². The number of benzene rings is 1. The van der Waals surface area contributed by atoms with Gasteiger partial charge in [0.05, 0.1) is 12.7 Å². The number of thioether (sulfide) groups is 1. The van der Waals surface area contributed by atoms with Crippen LogP contribution in [0.5, 0.6) is 0 Å². The molecular formula is C17H24N4OS. The van der Waals surface area contributed by atoms with Gasteiger partial charge in [-0.15, -0.1) is 0 Å². The fourth-order valence-corrected chi connectivity index (χ4v) is 2.82. The summed E-state index contributed by atoms with van der Waals surface area (Å²) in [5.41, 5.74) is 1.14. The molecule has 23 heavy (non-hydrogen) atoms. The number of carbonyl (C=O) groups excluding carboxylic acids is 1. The van der Waals surface area contributed by atoms with Crippen LogP contribution in [0.3, 0.4) is 0 Å². The van der Waals surface area contributed by atoms with Crippen LogP contribution in [-0.4, -0.2) is 32.9 Å². The molecule has 1 aromatic heterocycles. The SMILES string of the molecule is CC(C)(C)SCCNC(=O)Nc1ccnn1Cc1ccccc1. The van der Waals surface area contributed by atoms with E-state index in [-0.39, 0.29) is 10.8 Å². The summed E-state index contributed by atoms with van der Waals surface area (Å²) < 4.78 is 1.99. The molecule has 0 radical (unpaired) electrons. The van der Waals surface area contributed by atoms with Crippen LogP contribution in [0.1, 0.15) is 26.3 Å². The lowest BCUT2D eigenvalue weighted by Crippen LogP contribution is -2.32. The van der Waals surface area contributed by atoms with Crippen molar-refractivity contribution in [2.45, 2.75) is 32.1 Å². The maximum atomic E-state index is 12.0. The van der Waals surface area contributed by atoms with Crippen LogP contribution < -0.4 is 10.6 Å². The third-order valence-electron chi connectivity index (χ3n) is 3.06. The molecule has 0 atom stereocenters. The van der Waals surface area contributed by atoms with E-state index in [9.17, 15) is 4.79 Å². The average Bonchev–Trinajstić information content (AvgIpc) is 2.91. The van der Waals surface area contributed by atoms with Crippen molar-refractivity contribution in [1.82, 2.24) is 15.1 Å². The molecule has 2 amide bonds. The van der Waals surface area contributed by atoms with Gasteiger partial charge in [0.25, 0.3) is 0 Å². The maximum absolute atomic E-state index is 12.0. The van der Waals surface area contributed by atoms with Crippen molar-refractivity contribution in [3.05, 3.63) is 48.2 Å². The predicted octanol–water partition coefficient (Wildman–Crippen LogP) is 3.58. The quantitative estimate of drug-likeness (QED) is 0.795. The summed E-state index contributed by atoms with van der Waals surface area (Å²) in [5, 5.41) is 9.99. The average molecular weight is 332 g/mol. The Labute approximate surface area is 141 Å². The zero-order chi connectivity index (χ0) is 16.7. The number of hydrogen-bond donors (Lipinski definition) is 2. The third-order valence-corrected chi connectivity index (χ3v) is 4.33. The number of carbonyl (C=O) groups is 1. The molecule has 0 saturated heterocycles. The Morgan fingerprint density at radius 3 is 2.65 bits per heavy atom. The highest BCUT2D eigenvalue weighted by Crippen LogP contribution is 2.22. The number of hydrogen-bond acceptors (Lipinski definition) is 3. The monoisotopic (exact) mass is 332 g/mol. The van der Waals surface area contributed by atoms with E-state index in [2.05, 4.69) is 36.5 Å². The standard InChI is InChI=1S/C17H24N4OS/c1-17(2,3)23-12-11-18-16(22)20-15-9-10-19-21(15)13-14-7-5-4-6-8-14/h4-10H,11-13H2,1-3H3,(H2,18,20,22). The van der Waals surface area contributed by atoms with Crippen LogP contribution in [-0.2, 0) is 6.54 Å². The van der Waals surface area contributed by atoms with Crippen molar-refractivity contribution in [2.75, 3.05) is 17.6 Å². The molecule has 124 valence electrons. The highest BCUT2D eigenvalue weighted by Gasteiger charge is 2.11. The molecule has 0 bridgehead atoms. The van der Waals surface area contributed by atoms with Gasteiger partial charge >= 0.3 is 6.03 Å². The molecule has 0 fully saturated rings. The van der Waals surface area contributed by atoms with E-state index < -0.39 is 0 Å². The third kappa shape index (κ3) is 6.36.